The molecule has 0 fully saturated rings. The van der Waals surface area contributed by atoms with Crippen molar-refractivity contribution in [2.45, 2.75) is 13.8 Å². The van der Waals surface area contributed by atoms with Crippen LogP contribution < -0.4 is 5.32 Å². The van der Waals surface area contributed by atoms with Crippen LogP contribution in [0.25, 0.3) is 11.5 Å². The first-order chi connectivity index (χ1) is 14.5. The minimum absolute atomic E-state index is 0.00595. The molecule has 154 valence electrons. The number of ether oxygens (including phenoxy) is 2. The number of rotatable bonds is 7. The van der Waals surface area contributed by atoms with Crippen molar-refractivity contribution in [1.82, 2.24) is 4.98 Å². The van der Waals surface area contributed by atoms with Gasteiger partial charge in [-0.1, -0.05) is 30.3 Å². The molecular weight excluding hydrogens is 388 g/mol. The third-order valence-electron chi connectivity index (χ3n) is 4.04. The van der Waals surface area contributed by atoms with Crippen molar-refractivity contribution in [2.24, 2.45) is 0 Å². The van der Waals surface area contributed by atoms with Gasteiger partial charge in [0.05, 0.1) is 17.9 Å². The summed E-state index contributed by atoms with van der Waals surface area (Å²) >= 11 is 0. The Balaban J connectivity index is 1.63. The molecule has 8 nitrogen and oxygen atoms in total. The van der Waals surface area contributed by atoms with E-state index in [0.717, 1.165) is 0 Å². The van der Waals surface area contributed by atoms with Gasteiger partial charge in [0.25, 0.3) is 5.91 Å². The number of amides is 1. The molecule has 8 heteroatoms. The van der Waals surface area contributed by atoms with Gasteiger partial charge in [0, 0.05) is 5.56 Å². The largest absolute Gasteiger partial charge is 0.462 e. The van der Waals surface area contributed by atoms with Crippen molar-refractivity contribution < 1.29 is 28.3 Å². The molecule has 0 saturated carbocycles. The Morgan fingerprint density at radius 3 is 2.40 bits per heavy atom. The zero-order valence-corrected chi connectivity index (χ0v) is 16.5. The number of hydrogen-bond acceptors (Lipinski definition) is 7. The predicted octanol–water partition coefficient (Wildman–Crippen LogP) is 3.62. The van der Waals surface area contributed by atoms with Gasteiger partial charge in [-0.05, 0) is 38.1 Å². The summed E-state index contributed by atoms with van der Waals surface area (Å²) in [5.74, 6) is -1.38. The zero-order chi connectivity index (χ0) is 21.5. The van der Waals surface area contributed by atoms with Crippen molar-refractivity contribution in [1.29, 1.82) is 0 Å². The van der Waals surface area contributed by atoms with Crippen molar-refractivity contribution in [3.63, 3.8) is 0 Å². The van der Waals surface area contributed by atoms with Crippen LogP contribution in [0.3, 0.4) is 0 Å². The lowest BCUT2D eigenvalue weighted by atomic mass is 10.2. The lowest BCUT2D eigenvalue weighted by Gasteiger charge is -2.10. The molecule has 3 rings (SSSR count). The summed E-state index contributed by atoms with van der Waals surface area (Å²) in [6, 6.07) is 15.5. The van der Waals surface area contributed by atoms with E-state index in [1.165, 1.54) is 6.07 Å². The van der Waals surface area contributed by atoms with Crippen molar-refractivity contribution in [3.8, 4) is 11.5 Å². The highest BCUT2D eigenvalue weighted by Gasteiger charge is 2.21. The van der Waals surface area contributed by atoms with Gasteiger partial charge in [-0.25, -0.2) is 14.6 Å². The van der Waals surface area contributed by atoms with Crippen molar-refractivity contribution in [3.05, 3.63) is 71.6 Å². The van der Waals surface area contributed by atoms with Crippen molar-refractivity contribution >= 4 is 23.5 Å². The van der Waals surface area contributed by atoms with Gasteiger partial charge >= 0.3 is 11.9 Å². The normalized spacial score (nSPS) is 10.3. The third-order valence-corrected chi connectivity index (χ3v) is 4.04. The van der Waals surface area contributed by atoms with Gasteiger partial charge in [-0.2, -0.15) is 0 Å². The van der Waals surface area contributed by atoms with Crippen LogP contribution in [0.1, 0.15) is 33.5 Å². The second-order valence-corrected chi connectivity index (χ2v) is 6.18. The lowest BCUT2D eigenvalue weighted by molar-refractivity contribution is -0.119. The first-order valence-electron chi connectivity index (χ1n) is 9.25. The number of carbonyl (C=O) groups excluding carboxylic acids is 3. The Kier molecular flexibility index (Phi) is 6.59. The molecule has 0 atom stereocenters. The fourth-order valence-electron chi connectivity index (χ4n) is 2.65. The van der Waals surface area contributed by atoms with Gasteiger partial charge in [-0.15, -0.1) is 0 Å². The number of nitrogens with one attached hydrogen (secondary N) is 1. The van der Waals surface area contributed by atoms with Gasteiger partial charge in [0.15, 0.2) is 12.3 Å². The second kappa shape index (κ2) is 9.51. The summed E-state index contributed by atoms with van der Waals surface area (Å²) in [6.45, 7) is 2.93. The van der Waals surface area contributed by atoms with E-state index in [2.05, 4.69) is 10.3 Å². The number of carbonyl (C=O) groups is 3. The summed E-state index contributed by atoms with van der Waals surface area (Å²) in [4.78, 5) is 40.7. The van der Waals surface area contributed by atoms with Crippen LogP contribution in [0.5, 0.6) is 0 Å². The van der Waals surface area contributed by atoms with Crippen LogP contribution in [0.4, 0.5) is 5.69 Å². The second-order valence-electron chi connectivity index (χ2n) is 6.18. The van der Waals surface area contributed by atoms with E-state index in [4.69, 9.17) is 13.9 Å². The smallest absolute Gasteiger partial charge is 0.361 e. The number of nitrogens with zero attached hydrogens (tertiary/aromatic N) is 1. The number of aryl methyl sites for hydroxylation is 1. The van der Waals surface area contributed by atoms with Gasteiger partial charge in [0.2, 0.25) is 5.89 Å². The van der Waals surface area contributed by atoms with Crippen LogP contribution in [0.15, 0.2) is 59.0 Å². The Morgan fingerprint density at radius 2 is 1.67 bits per heavy atom. The summed E-state index contributed by atoms with van der Waals surface area (Å²) in [6.07, 6.45) is 0. The van der Waals surface area contributed by atoms with E-state index in [1.807, 2.05) is 18.2 Å². The Morgan fingerprint density at radius 1 is 0.967 bits per heavy atom. The van der Waals surface area contributed by atoms with Crippen molar-refractivity contribution in [2.75, 3.05) is 18.5 Å². The average Bonchev–Trinajstić information content (AvgIpc) is 3.15. The minimum atomic E-state index is -0.785. The van der Waals surface area contributed by atoms with E-state index >= 15 is 0 Å². The highest BCUT2D eigenvalue weighted by atomic mass is 16.5. The maximum absolute atomic E-state index is 12.3. The van der Waals surface area contributed by atoms with E-state index < -0.39 is 24.5 Å². The molecule has 3 aromatic rings. The summed E-state index contributed by atoms with van der Waals surface area (Å²) < 4.78 is 15.5. The van der Waals surface area contributed by atoms with Gasteiger partial charge in [0.1, 0.15) is 5.76 Å². The van der Waals surface area contributed by atoms with Crippen LogP contribution in [-0.2, 0) is 14.3 Å². The molecule has 0 aliphatic carbocycles. The number of oxazole rings is 1. The SMILES string of the molecule is CCOC(=O)c1ccccc1NC(=O)COC(=O)c1nc(-c2ccccc2)oc1C. The molecule has 0 aliphatic rings. The molecule has 0 saturated heterocycles. The monoisotopic (exact) mass is 408 g/mol. The Labute approximate surface area is 172 Å². The maximum Gasteiger partial charge on any atom is 0.361 e. The highest BCUT2D eigenvalue weighted by Crippen LogP contribution is 2.22. The van der Waals surface area contributed by atoms with E-state index in [9.17, 15) is 14.4 Å². The van der Waals surface area contributed by atoms with Crippen LogP contribution in [0.2, 0.25) is 0 Å². The number of anilines is 1. The van der Waals surface area contributed by atoms with E-state index in [0.29, 0.717) is 5.56 Å². The first-order valence-corrected chi connectivity index (χ1v) is 9.25. The summed E-state index contributed by atoms with van der Waals surface area (Å²) in [5, 5.41) is 2.54. The number of para-hydroxylation sites is 1. The third kappa shape index (κ3) is 4.91. The standard InChI is InChI=1S/C22H20N2O6/c1-3-28-21(26)16-11-7-8-12-17(16)23-18(25)13-29-22(27)19-14(2)30-20(24-19)15-9-5-4-6-10-15/h4-12H,3,13H2,1-2H3,(H,23,25). The molecular formula is C22H20N2O6. The van der Waals surface area contributed by atoms with E-state index in [1.54, 1.807) is 44.2 Å². The number of hydrogen-bond donors (Lipinski definition) is 1. The molecule has 0 aliphatic heterocycles. The Hall–Kier alpha value is -3.94. The fourth-order valence-corrected chi connectivity index (χ4v) is 2.65. The molecule has 30 heavy (non-hydrogen) atoms. The topological polar surface area (TPSA) is 108 Å². The molecule has 1 amide bonds. The molecule has 0 bridgehead atoms. The number of aromatic nitrogens is 1. The van der Waals surface area contributed by atoms with Crippen LogP contribution in [-0.4, -0.2) is 36.0 Å². The van der Waals surface area contributed by atoms with E-state index in [-0.39, 0.29) is 35.2 Å². The molecule has 1 heterocycles. The summed E-state index contributed by atoms with van der Waals surface area (Å²) in [7, 11) is 0. The molecule has 2 aromatic carbocycles. The van der Waals surface area contributed by atoms with Gasteiger partial charge < -0.3 is 19.2 Å². The quantitative estimate of drug-likeness (QED) is 0.595. The molecule has 0 radical (unpaired) electrons. The lowest BCUT2D eigenvalue weighted by Crippen LogP contribution is -2.22. The zero-order valence-electron chi connectivity index (χ0n) is 16.5. The number of benzene rings is 2. The molecule has 0 spiro atoms. The fraction of sp³-hybridized carbons (Fsp3) is 0.182. The van der Waals surface area contributed by atoms with Crippen LogP contribution >= 0.6 is 0 Å². The average molecular weight is 408 g/mol. The molecule has 1 N–H and O–H groups in total. The number of esters is 2. The van der Waals surface area contributed by atoms with Gasteiger partial charge in [-0.3, -0.25) is 4.79 Å². The van der Waals surface area contributed by atoms with Crippen LogP contribution in [0, 0.1) is 6.92 Å². The Bertz CT molecular complexity index is 1060. The summed E-state index contributed by atoms with van der Waals surface area (Å²) in [5.41, 5.74) is 1.18. The first kappa shape index (κ1) is 20.8. The maximum atomic E-state index is 12.3. The predicted molar refractivity (Wildman–Crippen MR) is 108 cm³/mol. The molecule has 1 aromatic heterocycles. The highest BCUT2D eigenvalue weighted by molar-refractivity contribution is 6.02. The molecule has 0 unspecified atom stereocenters. The minimum Gasteiger partial charge on any atom is -0.462 e.